The van der Waals surface area contributed by atoms with E-state index in [-0.39, 0.29) is 5.50 Å². The zero-order valence-electron chi connectivity index (χ0n) is 15.5. The number of hydrogen-bond acceptors (Lipinski definition) is 1. The second kappa shape index (κ2) is 5.04. The molecular formula is C25H19BO. The van der Waals surface area contributed by atoms with E-state index in [1.54, 1.807) is 0 Å². The molecule has 0 saturated carbocycles. The Labute approximate surface area is 159 Å². The molecule has 2 aliphatic rings. The number of rotatable bonds is 0. The minimum absolute atomic E-state index is 0.281. The monoisotopic (exact) mass is 346 g/mol. The lowest BCUT2D eigenvalue weighted by Crippen LogP contribution is -2.32. The maximum atomic E-state index is 6.47. The summed E-state index contributed by atoms with van der Waals surface area (Å²) in [5.41, 5.74) is 6.49. The fraction of sp³-hybridized carbons (Fsp3) is 0.120. The maximum Gasteiger partial charge on any atom is 0.163 e. The molecule has 0 N–H and O–H groups in total. The maximum absolute atomic E-state index is 6.47. The van der Waals surface area contributed by atoms with Crippen molar-refractivity contribution in [2.24, 2.45) is 0 Å². The lowest BCUT2D eigenvalue weighted by Gasteiger charge is -2.33. The van der Waals surface area contributed by atoms with Gasteiger partial charge in [-0.2, -0.15) is 0 Å². The van der Waals surface area contributed by atoms with Gasteiger partial charge in [-0.15, -0.1) is 0 Å². The van der Waals surface area contributed by atoms with Gasteiger partial charge >= 0.3 is 0 Å². The van der Waals surface area contributed by atoms with Gasteiger partial charge in [0, 0.05) is 10.9 Å². The molecule has 1 unspecified atom stereocenters. The first-order valence-electron chi connectivity index (χ1n) is 9.59. The number of fused-ring (bicyclic) bond motifs is 7. The summed E-state index contributed by atoms with van der Waals surface area (Å²) in [5.74, 6) is 1.03. The third kappa shape index (κ3) is 2.01. The zero-order valence-corrected chi connectivity index (χ0v) is 15.5. The van der Waals surface area contributed by atoms with Crippen LogP contribution in [0.15, 0.2) is 66.7 Å². The van der Waals surface area contributed by atoms with Crippen LogP contribution in [0.4, 0.5) is 0 Å². The van der Waals surface area contributed by atoms with Crippen LogP contribution in [0.2, 0.25) is 0 Å². The van der Waals surface area contributed by atoms with Crippen LogP contribution < -0.4 is 4.74 Å². The first kappa shape index (κ1) is 15.1. The van der Waals surface area contributed by atoms with Gasteiger partial charge in [-0.25, -0.2) is 0 Å². The van der Waals surface area contributed by atoms with Crippen LogP contribution in [0.25, 0.3) is 38.7 Å². The predicted molar refractivity (Wildman–Crippen MR) is 116 cm³/mol. The van der Waals surface area contributed by atoms with Crippen molar-refractivity contribution in [1.29, 1.82) is 0 Å². The summed E-state index contributed by atoms with van der Waals surface area (Å²) in [6.45, 7) is 2.12. The Morgan fingerprint density at radius 1 is 0.926 bits per heavy atom. The van der Waals surface area contributed by atoms with Crippen LogP contribution in [0.3, 0.4) is 0 Å². The number of hydrogen-bond donors (Lipinski definition) is 0. The number of benzene rings is 4. The highest BCUT2D eigenvalue weighted by Gasteiger charge is 2.30. The molecule has 4 aromatic carbocycles. The second-order valence-corrected chi connectivity index (χ2v) is 8.18. The summed E-state index contributed by atoms with van der Waals surface area (Å²) in [6.07, 6.45) is 5.41. The molecule has 0 saturated heterocycles. The van der Waals surface area contributed by atoms with Crippen molar-refractivity contribution in [1.82, 2.24) is 0 Å². The van der Waals surface area contributed by atoms with E-state index in [0.717, 1.165) is 12.2 Å². The Balaban J connectivity index is 1.82. The van der Waals surface area contributed by atoms with Crippen LogP contribution in [0.1, 0.15) is 23.6 Å². The molecule has 0 amide bonds. The van der Waals surface area contributed by atoms with E-state index in [9.17, 15) is 0 Å². The Morgan fingerprint density at radius 3 is 2.56 bits per heavy atom. The van der Waals surface area contributed by atoms with E-state index >= 15 is 0 Å². The predicted octanol–water partition coefficient (Wildman–Crippen LogP) is 5.32. The Hall–Kier alpha value is -3.00. The molecule has 0 bridgehead atoms. The molecule has 1 heterocycles. The van der Waals surface area contributed by atoms with Crippen LogP contribution in [-0.4, -0.2) is 13.3 Å². The topological polar surface area (TPSA) is 9.23 Å². The summed E-state index contributed by atoms with van der Waals surface area (Å²) in [7, 11) is 2.12. The van der Waals surface area contributed by atoms with E-state index in [1.165, 1.54) is 49.4 Å². The molecule has 0 radical (unpaired) electrons. The van der Waals surface area contributed by atoms with Crippen molar-refractivity contribution >= 4 is 35.5 Å². The highest BCUT2D eigenvalue weighted by Crippen LogP contribution is 2.49. The van der Waals surface area contributed by atoms with Crippen molar-refractivity contribution in [3.63, 3.8) is 0 Å². The lowest BCUT2D eigenvalue weighted by atomic mass is 9.76. The Kier molecular flexibility index (Phi) is 2.82. The summed E-state index contributed by atoms with van der Waals surface area (Å²) in [4.78, 5) is 0. The van der Waals surface area contributed by atoms with Gasteiger partial charge in [-0.05, 0) is 57.8 Å². The van der Waals surface area contributed by atoms with Gasteiger partial charge in [0.15, 0.2) is 7.85 Å². The fourth-order valence-electron chi connectivity index (χ4n) is 4.80. The fourth-order valence-corrected chi connectivity index (χ4v) is 4.80. The SMILES string of the molecule is BC1(C)C=Cc2c3c(c4ccccc4c2O1)-c1cccc2cccc(c12)C3. The first-order valence-corrected chi connectivity index (χ1v) is 9.59. The molecule has 27 heavy (non-hydrogen) atoms. The average Bonchev–Trinajstić information content (AvgIpc) is 2.68. The number of ether oxygens (including phenoxy) is 1. The van der Waals surface area contributed by atoms with Crippen molar-refractivity contribution in [3.05, 3.63) is 83.4 Å². The molecule has 1 aliphatic heterocycles. The molecule has 1 nitrogen and oxygen atoms in total. The minimum Gasteiger partial charge on any atom is -0.492 e. The molecule has 1 atom stereocenters. The highest BCUT2D eigenvalue weighted by atomic mass is 16.5. The van der Waals surface area contributed by atoms with Crippen LogP contribution >= 0.6 is 0 Å². The molecule has 0 aromatic heterocycles. The van der Waals surface area contributed by atoms with Gasteiger partial charge in [0.05, 0.1) is 5.50 Å². The zero-order chi connectivity index (χ0) is 18.2. The summed E-state index contributed by atoms with van der Waals surface area (Å²) >= 11 is 0. The summed E-state index contributed by atoms with van der Waals surface area (Å²) in [6, 6.07) is 22.0. The normalized spacial score (nSPS) is 19.6. The average molecular weight is 346 g/mol. The second-order valence-electron chi connectivity index (χ2n) is 8.18. The lowest BCUT2D eigenvalue weighted by molar-refractivity contribution is 0.227. The van der Waals surface area contributed by atoms with Gasteiger partial charge in [0.1, 0.15) is 5.75 Å². The third-order valence-corrected chi connectivity index (χ3v) is 5.96. The standard InChI is InChI=1S/C25H19BO/c1-25(26)13-12-19-21-14-16-8-4-6-15-7-5-11-20(22(15)16)23(21)17-9-2-3-10-18(17)24(19)27-25/h2-13H,14,26H2,1H3. The van der Waals surface area contributed by atoms with Gasteiger partial charge in [-0.3, -0.25) is 0 Å². The van der Waals surface area contributed by atoms with Gasteiger partial charge in [0.2, 0.25) is 0 Å². The molecular weight excluding hydrogens is 327 g/mol. The van der Waals surface area contributed by atoms with E-state index in [1.807, 2.05) is 0 Å². The van der Waals surface area contributed by atoms with Crippen LogP contribution in [0, 0.1) is 0 Å². The van der Waals surface area contributed by atoms with Crippen LogP contribution in [-0.2, 0) is 6.42 Å². The Morgan fingerprint density at radius 2 is 1.70 bits per heavy atom. The first-order chi connectivity index (χ1) is 13.1. The molecule has 2 heteroatoms. The molecule has 0 fully saturated rings. The van der Waals surface area contributed by atoms with Gasteiger partial charge in [-0.1, -0.05) is 66.7 Å². The largest absolute Gasteiger partial charge is 0.492 e. The minimum atomic E-state index is -0.281. The molecule has 4 aromatic rings. The third-order valence-electron chi connectivity index (χ3n) is 5.96. The highest BCUT2D eigenvalue weighted by molar-refractivity contribution is 6.18. The summed E-state index contributed by atoms with van der Waals surface area (Å²) in [5, 5.41) is 5.23. The summed E-state index contributed by atoms with van der Waals surface area (Å²) < 4.78 is 6.47. The van der Waals surface area contributed by atoms with Crippen molar-refractivity contribution in [3.8, 4) is 16.9 Å². The quantitative estimate of drug-likeness (QED) is 0.345. The molecule has 128 valence electrons. The molecule has 1 aliphatic carbocycles. The van der Waals surface area contributed by atoms with E-state index in [2.05, 4.69) is 87.6 Å². The van der Waals surface area contributed by atoms with Gasteiger partial charge < -0.3 is 4.74 Å². The van der Waals surface area contributed by atoms with E-state index in [0.29, 0.717) is 0 Å². The van der Waals surface area contributed by atoms with Crippen molar-refractivity contribution in [2.45, 2.75) is 18.8 Å². The smallest absolute Gasteiger partial charge is 0.163 e. The van der Waals surface area contributed by atoms with E-state index < -0.39 is 0 Å². The Bertz CT molecular complexity index is 1290. The van der Waals surface area contributed by atoms with Crippen molar-refractivity contribution < 1.29 is 4.74 Å². The van der Waals surface area contributed by atoms with Crippen molar-refractivity contribution in [2.75, 3.05) is 0 Å². The van der Waals surface area contributed by atoms with E-state index in [4.69, 9.17) is 4.74 Å². The van der Waals surface area contributed by atoms with Gasteiger partial charge in [0.25, 0.3) is 0 Å². The molecule has 0 spiro atoms. The molecule has 6 rings (SSSR count). The van der Waals surface area contributed by atoms with Crippen LogP contribution in [0.5, 0.6) is 5.75 Å².